The minimum atomic E-state index is -6.74. The Morgan fingerprint density at radius 2 is 0.481 bits per heavy atom. The van der Waals surface area contributed by atoms with Crippen LogP contribution in [-0.4, -0.2) is 217 Å². The van der Waals surface area contributed by atoms with Gasteiger partial charge < -0.3 is 56.2 Å². The van der Waals surface area contributed by atoms with E-state index >= 15 is 0 Å². The first kappa shape index (κ1) is 111. The fourth-order valence-corrected chi connectivity index (χ4v) is 8.59. The third-order valence-corrected chi connectivity index (χ3v) is 10.6. The molecule has 0 radical (unpaired) electrons. The van der Waals surface area contributed by atoms with Crippen molar-refractivity contribution in [1.82, 2.24) is 10.6 Å². The van der Waals surface area contributed by atoms with Gasteiger partial charge in [0.15, 0.2) is 12.2 Å². The van der Waals surface area contributed by atoms with Gasteiger partial charge in [-0.15, -0.1) is 0 Å². The minimum Gasteiger partial charge on any atom is -0.726 e. The molecule has 64 heteroatoms. The molecule has 0 aromatic carbocycles. The van der Waals surface area contributed by atoms with Crippen LogP contribution < -0.4 is 306 Å². The first-order valence-electron chi connectivity index (χ1n) is 15.1. The Kier molecular flexibility index (Phi) is 65.6. The first-order valence-corrected chi connectivity index (χ1v) is 28.5. The van der Waals surface area contributed by atoms with Gasteiger partial charge in [0.1, 0.15) is 36.6 Å². The van der Waals surface area contributed by atoms with Crippen LogP contribution in [0, 0.1) is 0 Å². The van der Waals surface area contributed by atoms with Crippen LogP contribution in [0.2, 0.25) is 0 Å². The number of nitrogens with one attached hydrogen (secondary N) is 2. The van der Waals surface area contributed by atoms with Crippen molar-refractivity contribution in [2.75, 3.05) is 26.3 Å². The fourth-order valence-electron chi connectivity index (χ4n) is 4.18. The molecule has 0 aromatic rings. The average molecular weight is 1450 g/mol. The summed E-state index contributed by atoms with van der Waals surface area (Å²) < 4.78 is 377. The van der Waals surface area contributed by atoms with Crippen LogP contribution in [0.1, 0.15) is 6.42 Å². The van der Waals surface area contributed by atoms with Crippen molar-refractivity contribution < 1.29 is 477 Å². The standard InChI is InChI=1S/C15H30N2O42S10.10Na/c18-14(12(58-68(44,45)46)10(56-66(38,39)40)8(54-64(32,33)34)6(52-62(26,27)28)4-50-60(20,21)22)16-2-1-3-17-15(19)13(59-69(47,48)49)11(57-67(41,42)43)9(55-65(35,36)37)7(53-63(29,30)31)5-51-61(23,24)25;;;;;;;;;;/h6-13H,1-5H2,(H,16,18)(H,17,19)(H,20,21,22)(H,23,24,25)(H,26,27,28)(H,29,30,31)(H,32,33,34)(H,35,36,37)(H,38,39,40)(H,41,42,43)(H,44,45,46)(H,47,48,49);;;;;;;;;;/q;10*+1/p-10. The van der Waals surface area contributed by atoms with E-state index in [4.69, 9.17) is 0 Å². The maximum absolute atomic E-state index is 13.1. The Morgan fingerprint density at radius 3 is 0.658 bits per heavy atom. The molecule has 412 valence electrons. The molecule has 0 aliphatic heterocycles. The molecular weight excluding hydrogens is 1430 g/mol. The number of hydrogen-bond donors (Lipinski definition) is 2. The molecule has 2 N–H and O–H groups in total. The molecule has 0 aliphatic carbocycles. The van der Waals surface area contributed by atoms with Crippen molar-refractivity contribution in [2.24, 2.45) is 0 Å². The topological polar surface area (TPSA) is 723 Å². The molecule has 0 heterocycles. The van der Waals surface area contributed by atoms with E-state index in [0.717, 1.165) is 0 Å². The molecule has 0 saturated carbocycles. The molecule has 0 aliphatic rings. The van der Waals surface area contributed by atoms with E-state index in [1.807, 2.05) is 0 Å². The maximum Gasteiger partial charge on any atom is 1.00 e. The van der Waals surface area contributed by atoms with E-state index in [-0.39, 0.29) is 296 Å². The number of carbonyl (C=O) groups excluding carboxylic acids is 2. The second kappa shape index (κ2) is 46.7. The summed E-state index contributed by atoms with van der Waals surface area (Å²) in [4.78, 5) is 26.1. The SMILES string of the molecule is O=C(NCCCNC(=O)C(OS(=O)(=O)[O-])C(OS(=O)(=O)[O-])C(OS(=O)(=O)[O-])C(COS(=O)(=O)[O-])OS(=O)(=O)[O-])C(OS(=O)(=O)[O-])C(OS(=O)(=O)[O-])C(OS(=O)(=O)[O-])C(COS(=O)(=O)[O-])OS(=O)(=O)[O-].[Na+].[Na+].[Na+].[Na+].[Na+].[Na+].[Na+].[Na+].[Na+].[Na+]. The van der Waals surface area contributed by atoms with Crippen LogP contribution in [-0.2, 0) is 155 Å². The Bertz CT molecular complexity index is 2790. The smallest absolute Gasteiger partial charge is 0.726 e. The van der Waals surface area contributed by atoms with E-state index in [9.17, 15) is 139 Å². The van der Waals surface area contributed by atoms with E-state index in [2.05, 4.69) is 41.8 Å². The molecular formula is C15H20N2Na10O42S10. The van der Waals surface area contributed by atoms with Gasteiger partial charge in [-0.05, 0) is 6.42 Å². The normalized spacial score (nSPS) is 15.4. The predicted octanol–water partition coefficient (Wildman–Crippen LogP) is -42.6. The summed E-state index contributed by atoms with van der Waals surface area (Å²) >= 11 is 0. The molecule has 8 unspecified atom stereocenters. The average Bonchev–Trinajstić information content (AvgIpc) is 3.05. The minimum absolute atomic E-state index is 0. The van der Waals surface area contributed by atoms with Gasteiger partial charge in [-0.1, -0.05) is 0 Å². The molecule has 2 amide bonds. The van der Waals surface area contributed by atoms with Gasteiger partial charge in [0.05, 0.1) is 13.2 Å². The monoisotopic (exact) mass is 1450 g/mol. The zero-order chi connectivity index (χ0) is 54.8. The third-order valence-electron chi connectivity index (χ3n) is 6.04. The first-order chi connectivity index (χ1) is 30.3. The number of hydrogen-bond acceptors (Lipinski definition) is 42. The van der Waals surface area contributed by atoms with E-state index in [1.54, 1.807) is 0 Å². The molecule has 0 fully saturated rings. The van der Waals surface area contributed by atoms with Gasteiger partial charge in [-0.2, -0.15) is 0 Å². The van der Waals surface area contributed by atoms with Crippen molar-refractivity contribution in [3.8, 4) is 0 Å². The summed E-state index contributed by atoms with van der Waals surface area (Å²) in [6, 6.07) is 0. The van der Waals surface area contributed by atoms with Crippen LogP contribution in [0.25, 0.3) is 0 Å². The second-order valence-corrected chi connectivity index (χ2v) is 21.3. The molecule has 8 atom stereocenters. The quantitative estimate of drug-likeness (QED) is 0.0261. The van der Waals surface area contributed by atoms with Gasteiger partial charge >= 0.3 is 296 Å². The predicted molar refractivity (Wildman–Crippen MR) is 178 cm³/mol. The van der Waals surface area contributed by atoms with E-state index in [1.165, 1.54) is 10.6 Å². The number of carbonyl (C=O) groups is 2. The maximum atomic E-state index is 13.1. The Morgan fingerprint density at radius 1 is 0.291 bits per heavy atom. The van der Waals surface area contributed by atoms with Gasteiger partial charge in [-0.3, -0.25) is 51.4 Å². The summed E-state index contributed by atoms with van der Waals surface area (Å²) in [7, 11) is -65.6. The second-order valence-electron chi connectivity index (χ2n) is 11.1. The van der Waals surface area contributed by atoms with Crippen molar-refractivity contribution in [1.29, 1.82) is 0 Å². The molecule has 44 nitrogen and oxygen atoms in total. The van der Waals surface area contributed by atoms with Gasteiger partial charge in [0.25, 0.3) is 11.8 Å². The molecule has 0 bridgehead atoms. The molecule has 0 spiro atoms. The van der Waals surface area contributed by atoms with E-state index in [0.29, 0.717) is 0 Å². The summed E-state index contributed by atoms with van der Waals surface area (Å²) in [5.41, 5.74) is 0. The number of rotatable bonds is 34. The van der Waals surface area contributed by atoms with Gasteiger partial charge in [0.2, 0.25) is 104 Å². The van der Waals surface area contributed by atoms with Crippen molar-refractivity contribution >= 4 is 116 Å². The molecule has 0 saturated heterocycles. The summed E-state index contributed by atoms with van der Waals surface area (Å²) in [6.07, 6.45) is -32.4. The third kappa shape index (κ3) is 60.3. The van der Waals surface area contributed by atoms with E-state index < -0.39 is 197 Å². The van der Waals surface area contributed by atoms with Crippen molar-refractivity contribution in [3.63, 3.8) is 0 Å². The van der Waals surface area contributed by atoms with Crippen LogP contribution in [0.15, 0.2) is 0 Å². The largest absolute Gasteiger partial charge is 1.00 e. The molecule has 0 rings (SSSR count). The zero-order valence-corrected chi connectivity index (χ0v) is 69.5. The summed E-state index contributed by atoms with van der Waals surface area (Å²) in [5, 5.41) is 2.65. The summed E-state index contributed by atoms with van der Waals surface area (Å²) in [6.45, 7) is -7.72. The van der Waals surface area contributed by atoms with Crippen LogP contribution in [0.5, 0.6) is 0 Å². The van der Waals surface area contributed by atoms with Crippen molar-refractivity contribution in [2.45, 2.75) is 55.3 Å². The van der Waals surface area contributed by atoms with Gasteiger partial charge in [0, 0.05) is 13.1 Å². The van der Waals surface area contributed by atoms with Gasteiger partial charge in [-0.25, -0.2) is 84.2 Å². The van der Waals surface area contributed by atoms with Crippen LogP contribution in [0.4, 0.5) is 0 Å². The van der Waals surface area contributed by atoms with Crippen LogP contribution in [0.3, 0.4) is 0 Å². The Labute approximate surface area is 671 Å². The summed E-state index contributed by atoms with van der Waals surface area (Å²) in [5.74, 6) is -5.05. The molecule has 0 aromatic heterocycles. The number of amides is 2. The Hall–Kier alpha value is 7.64. The van der Waals surface area contributed by atoms with Crippen molar-refractivity contribution in [3.05, 3.63) is 0 Å². The van der Waals surface area contributed by atoms with Crippen LogP contribution >= 0.6 is 0 Å². The zero-order valence-electron chi connectivity index (χ0n) is 41.4. The Balaban J connectivity index is -0.000000514. The fraction of sp³-hybridized carbons (Fsp3) is 0.867. The molecule has 79 heavy (non-hydrogen) atoms.